The third-order valence-corrected chi connectivity index (χ3v) is 4.77. The van der Waals surface area contributed by atoms with Gasteiger partial charge in [0.05, 0.1) is 6.04 Å². The van der Waals surface area contributed by atoms with Crippen LogP contribution in [0.15, 0.2) is 41.1 Å². The summed E-state index contributed by atoms with van der Waals surface area (Å²) in [5.41, 5.74) is 1.46. The Kier molecular flexibility index (Phi) is 5.29. The van der Waals surface area contributed by atoms with E-state index in [1.807, 2.05) is 11.4 Å². The molecule has 4 nitrogen and oxygen atoms in total. The smallest absolute Gasteiger partial charge is 0.406 e. The molecule has 25 heavy (non-hydrogen) atoms. The number of benzene rings is 1. The molecule has 1 aliphatic heterocycles. The van der Waals surface area contributed by atoms with E-state index in [4.69, 9.17) is 0 Å². The number of rotatable bonds is 6. The van der Waals surface area contributed by atoms with E-state index in [1.54, 1.807) is 11.3 Å². The van der Waals surface area contributed by atoms with Crippen molar-refractivity contribution in [3.05, 3.63) is 52.2 Å². The number of thiophene rings is 1. The fourth-order valence-electron chi connectivity index (χ4n) is 2.67. The van der Waals surface area contributed by atoms with E-state index in [0.717, 1.165) is 31.6 Å². The average Bonchev–Trinajstić information content (AvgIpc) is 3.02. The Morgan fingerprint density at radius 2 is 1.96 bits per heavy atom. The first-order valence-corrected chi connectivity index (χ1v) is 8.77. The van der Waals surface area contributed by atoms with Gasteiger partial charge >= 0.3 is 6.36 Å². The minimum absolute atomic E-state index is 0.122. The summed E-state index contributed by atoms with van der Waals surface area (Å²) in [4.78, 5) is 14.5. The Morgan fingerprint density at radius 1 is 1.24 bits per heavy atom. The maximum absolute atomic E-state index is 12.3. The van der Waals surface area contributed by atoms with Gasteiger partial charge in [-0.2, -0.15) is 11.3 Å². The first kappa shape index (κ1) is 17.8. The number of ether oxygens (including phenoxy) is 1. The number of carbonyl (C=O) groups excluding carboxylic acids is 1. The lowest BCUT2D eigenvalue weighted by molar-refractivity contribution is -0.274. The van der Waals surface area contributed by atoms with Gasteiger partial charge in [0.25, 0.3) is 5.91 Å². The van der Waals surface area contributed by atoms with E-state index in [0.29, 0.717) is 12.1 Å². The van der Waals surface area contributed by atoms with Crippen LogP contribution in [0.5, 0.6) is 5.75 Å². The van der Waals surface area contributed by atoms with Crippen LogP contribution in [-0.2, 0) is 0 Å². The van der Waals surface area contributed by atoms with E-state index in [-0.39, 0.29) is 17.7 Å². The molecule has 3 rings (SSSR count). The lowest BCUT2D eigenvalue weighted by atomic mass is 10.0. The molecule has 1 fully saturated rings. The largest absolute Gasteiger partial charge is 0.573 e. The summed E-state index contributed by atoms with van der Waals surface area (Å²) in [5, 5.41) is 6.94. The molecule has 0 radical (unpaired) electrons. The monoisotopic (exact) mass is 370 g/mol. The van der Waals surface area contributed by atoms with Crippen LogP contribution in [0.25, 0.3) is 0 Å². The van der Waals surface area contributed by atoms with Crippen molar-refractivity contribution >= 4 is 17.2 Å². The van der Waals surface area contributed by atoms with Crippen molar-refractivity contribution in [2.75, 3.05) is 19.6 Å². The number of halogens is 3. The molecule has 134 valence electrons. The van der Waals surface area contributed by atoms with Gasteiger partial charge in [0.2, 0.25) is 0 Å². The number of hydrogen-bond donors (Lipinski definition) is 1. The molecule has 2 heterocycles. The van der Waals surface area contributed by atoms with E-state index in [2.05, 4.69) is 20.3 Å². The van der Waals surface area contributed by atoms with Crippen LogP contribution < -0.4 is 10.1 Å². The number of carbonyl (C=O) groups is 1. The first-order chi connectivity index (χ1) is 11.9. The predicted octanol–water partition coefficient (Wildman–Crippen LogP) is 3.82. The summed E-state index contributed by atoms with van der Waals surface area (Å²) >= 11 is 1.61. The fraction of sp³-hybridized carbons (Fsp3) is 0.353. The molecule has 1 unspecified atom stereocenters. The van der Waals surface area contributed by atoms with Gasteiger partial charge in [-0.3, -0.25) is 9.69 Å². The quantitative estimate of drug-likeness (QED) is 0.840. The van der Waals surface area contributed by atoms with Gasteiger partial charge in [0.15, 0.2) is 0 Å². The van der Waals surface area contributed by atoms with Crippen LogP contribution in [0.1, 0.15) is 28.4 Å². The molecule has 1 aromatic heterocycles. The second-order valence-corrected chi connectivity index (χ2v) is 6.52. The molecule has 0 spiro atoms. The van der Waals surface area contributed by atoms with Crippen molar-refractivity contribution in [3.8, 4) is 5.75 Å². The minimum Gasteiger partial charge on any atom is -0.406 e. The minimum atomic E-state index is -4.74. The molecule has 0 aliphatic carbocycles. The van der Waals surface area contributed by atoms with Crippen LogP contribution in [0.4, 0.5) is 13.2 Å². The van der Waals surface area contributed by atoms with Crippen LogP contribution in [-0.4, -0.2) is 36.8 Å². The fourth-order valence-corrected chi connectivity index (χ4v) is 3.38. The molecule has 1 saturated heterocycles. The normalized spacial score (nSPS) is 16.1. The third kappa shape index (κ3) is 4.73. The van der Waals surface area contributed by atoms with Crippen molar-refractivity contribution in [3.63, 3.8) is 0 Å². The van der Waals surface area contributed by atoms with Gasteiger partial charge in [-0.1, -0.05) is 0 Å². The standard InChI is InChI=1S/C17H17F3N2O2S/c18-17(19,20)24-14-4-2-12(3-5-14)16(23)21-10-15(22-7-1-8-22)13-6-9-25-11-13/h2-6,9,11,15H,1,7-8,10H2,(H,21,23). The van der Waals surface area contributed by atoms with Gasteiger partial charge in [-0.25, -0.2) is 0 Å². The number of nitrogens with one attached hydrogen (secondary N) is 1. The molecule has 1 aromatic carbocycles. The van der Waals surface area contributed by atoms with E-state index in [9.17, 15) is 18.0 Å². The zero-order chi connectivity index (χ0) is 17.9. The maximum atomic E-state index is 12.3. The summed E-state index contributed by atoms with van der Waals surface area (Å²) in [6.07, 6.45) is -3.59. The van der Waals surface area contributed by atoms with Crippen LogP contribution in [0, 0.1) is 0 Å². The SMILES string of the molecule is O=C(NCC(c1ccsc1)N1CCC1)c1ccc(OC(F)(F)F)cc1. The summed E-state index contributed by atoms with van der Waals surface area (Å²) < 4.78 is 40.3. The Hall–Kier alpha value is -2.06. The van der Waals surface area contributed by atoms with Gasteiger partial charge in [-0.05, 0) is 53.1 Å². The number of amides is 1. The molecule has 0 saturated carbocycles. The predicted molar refractivity (Wildman–Crippen MR) is 88.7 cm³/mol. The van der Waals surface area contributed by atoms with Crippen molar-refractivity contribution in [1.82, 2.24) is 10.2 Å². The lowest BCUT2D eigenvalue weighted by Crippen LogP contribution is -2.45. The molecule has 0 bridgehead atoms. The summed E-state index contributed by atoms with van der Waals surface area (Å²) in [7, 11) is 0. The first-order valence-electron chi connectivity index (χ1n) is 7.82. The van der Waals surface area contributed by atoms with Gasteiger partial charge in [-0.15, -0.1) is 13.2 Å². The highest BCUT2D eigenvalue weighted by molar-refractivity contribution is 7.07. The van der Waals surface area contributed by atoms with Crippen LogP contribution in [0.3, 0.4) is 0 Å². The van der Waals surface area contributed by atoms with Gasteiger partial charge in [0, 0.05) is 25.2 Å². The number of hydrogen-bond acceptors (Lipinski definition) is 4. The highest BCUT2D eigenvalue weighted by Gasteiger charge is 2.31. The van der Waals surface area contributed by atoms with Crippen molar-refractivity contribution in [2.24, 2.45) is 0 Å². The number of alkyl halides is 3. The third-order valence-electron chi connectivity index (χ3n) is 4.07. The topological polar surface area (TPSA) is 41.6 Å². The van der Waals surface area contributed by atoms with Gasteiger partial charge < -0.3 is 10.1 Å². The van der Waals surface area contributed by atoms with E-state index < -0.39 is 6.36 Å². The zero-order valence-corrected chi connectivity index (χ0v) is 14.1. The molecule has 1 N–H and O–H groups in total. The average molecular weight is 370 g/mol. The number of nitrogens with zero attached hydrogens (tertiary/aromatic N) is 1. The highest BCUT2D eigenvalue weighted by atomic mass is 32.1. The second-order valence-electron chi connectivity index (χ2n) is 5.74. The summed E-state index contributed by atoms with van der Waals surface area (Å²) in [5.74, 6) is -0.667. The van der Waals surface area contributed by atoms with Gasteiger partial charge in [0.1, 0.15) is 5.75 Å². The van der Waals surface area contributed by atoms with E-state index >= 15 is 0 Å². The highest BCUT2D eigenvalue weighted by Crippen LogP contribution is 2.27. The molecule has 2 aromatic rings. The Bertz CT molecular complexity index is 698. The summed E-state index contributed by atoms with van der Waals surface area (Å²) in [6.45, 7) is 2.45. The summed E-state index contributed by atoms with van der Waals surface area (Å²) in [6, 6.07) is 7.07. The van der Waals surface area contributed by atoms with Crippen molar-refractivity contribution in [2.45, 2.75) is 18.8 Å². The van der Waals surface area contributed by atoms with Crippen LogP contribution in [0.2, 0.25) is 0 Å². The van der Waals surface area contributed by atoms with Crippen LogP contribution >= 0.6 is 11.3 Å². The molecular weight excluding hydrogens is 353 g/mol. The molecule has 8 heteroatoms. The molecule has 1 atom stereocenters. The molecule has 1 amide bonds. The van der Waals surface area contributed by atoms with Crippen molar-refractivity contribution < 1.29 is 22.7 Å². The zero-order valence-electron chi connectivity index (χ0n) is 13.3. The van der Waals surface area contributed by atoms with Crippen molar-refractivity contribution in [1.29, 1.82) is 0 Å². The van der Waals surface area contributed by atoms with E-state index in [1.165, 1.54) is 17.7 Å². The second kappa shape index (κ2) is 7.45. The molecular formula is C17H17F3N2O2S. The Morgan fingerprint density at radius 3 is 2.48 bits per heavy atom. The maximum Gasteiger partial charge on any atom is 0.573 e. The Balaban J connectivity index is 1.59. The molecule has 1 aliphatic rings. The number of likely N-dealkylation sites (tertiary alicyclic amines) is 1. The Labute approximate surface area is 147 Å². The lowest BCUT2D eigenvalue weighted by Gasteiger charge is -2.38.